The molecule has 3 rings (SSSR count). The quantitative estimate of drug-likeness (QED) is 0.472. The summed E-state index contributed by atoms with van der Waals surface area (Å²) >= 11 is 3.30. The first kappa shape index (κ1) is 23.2. The number of carbonyl (C=O) groups is 1. The molecule has 0 unspecified atom stereocenters. The average molecular weight is 465 g/mol. The van der Waals surface area contributed by atoms with E-state index in [0.29, 0.717) is 37.4 Å². The van der Waals surface area contributed by atoms with Gasteiger partial charge in [-0.05, 0) is 62.4 Å². The monoisotopic (exact) mass is 464 g/mol. The fraction of sp³-hybridized carbons (Fsp3) is 0.409. The molecule has 1 N–H and O–H groups in total. The maximum absolute atomic E-state index is 12.8. The summed E-state index contributed by atoms with van der Waals surface area (Å²) in [5, 5.41) is 3.00. The third-order valence-corrected chi connectivity index (χ3v) is 8.88. The van der Waals surface area contributed by atoms with Crippen molar-refractivity contribution in [2.75, 3.05) is 31.6 Å². The van der Waals surface area contributed by atoms with Crippen LogP contribution in [0, 0.1) is 12.8 Å². The molecule has 1 amide bonds. The normalized spacial score (nSPS) is 15.8. The van der Waals surface area contributed by atoms with Crippen LogP contribution in [0.3, 0.4) is 0 Å². The number of hydrogen-bond donors (Lipinski definition) is 1. The molecule has 2 aromatic carbocycles. The molecule has 0 atom stereocenters. The summed E-state index contributed by atoms with van der Waals surface area (Å²) in [7, 11) is -3.50. The summed E-state index contributed by atoms with van der Waals surface area (Å²) in [6.45, 7) is 3.43. The minimum Gasteiger partial charge on any atom is -0.355 e. The minimum atomic E-state index is -3.50. The fourth-order valence-electron chi connectivity index (χ4n) is 3.38. The summed E-state index contributed by atoms with van der Waals surface area (Å²) in [5.41, 5.74) is 1.23. The van der Waals surface area contributed by atoms with Gasteiger partial charge in [0.1, 0.15) is 0 Å². The molecule has 2 aromatic rings. The van der Waals surface area contributed by atoms with Gasteiger partial charge in [-0.25, -0.2) is 8.42 Å². The largest absolute Gasteiger partial charge is 0.355 e. The molecule has 0 spiro atoms. The molecule has 1 saturated heterocycles. The number of piperidine rings is 1. The van der Waals surface area contributed by atoms with Crippen LogP contribution in [-0.2, 0) is 14.8 Å². The van der Waals surface area contributed by atoms with Crippen LogP contribution >= 0.6 is 23.5 Å². The zero-order valence-corrected chi connectivity index (χ0v) is 19.8. The van der Waals surface area contributed by atoms with Crippen molar-refractivity contribution in [2.24, 2.45) is 5.92 Å². The van der Waals surface area contributed by atoms with E-state index in [1.54, 1.807) is 35.7 Å². The van der Waals surface area contributed by atoms with Gasteiger partial charge in [-0.15, -0.1) is 23.5 Å². The Morgan fingerprint density at radius 2 is 1.63 bits per heavy atom. The topological polar surface area (TPSA) is 66.5 Å². The SMILES string of the molecule is CSc1ccc(S(=O)(=O)N2CCC(C(=O)NCCSc3ccc(C)cc3)CC2)cc1. The lowest BCUT2D eigenvalue weighted by atomic mass is 9.97. The van der Waals surface area contributed by atoms with Crippen LogP contribution in [0.25, 0.3) is 0 Å². The number of aryl methyl sites for hydroxylation is 1. The maximum Gasteiger partial charge on any atom is 0.243 e. The van der Waals surface area contributed by atoms with Crippen molar-refractivity contribution in [1.29, 1.82) is 0 Å². The Kier molecular flexibility index (Phi) is 8.27. The van der Waals surface area contributed by atoms with Gasteiger partial charge < -0.3 is 5.32 Å². The molecule has 0 aliphatic carbocycles. The summed E-state index contributed by atoms with van der Waals surface area (Å²) in [6, 6.07) is 15.3. The minimum absolute atomic E-state index is 0.0286. The highest BCUT2D eigenvalue weighted by Gasteiger charge is 2.31. The van der Waals surface area contributed by atoms with Crippen molar-refractivity contribution >= 4 is 39.5 Å². The van der Waals surface area contributed by atoms with Gasteiger partial charge in [0.25, 0.3) is 0 Å². The van der Waals surface area contributed by atoms with Crippen molar-refractivity contribution in [3.63, 3.8) is 0 Å². The number of nitrogens with zero attached hydrogens (tertiary/aromatic N) is 1. The highest BCUT2D eigenvalue weighted by atomic mass is 32.2. The van der Waals surface area contributed by atoms with Crippen LogP contribution < -0.4 is 5.32 Å². The molecule has 0 saturated carbocycles. The summed E-state index contributed by atoms with van der Waals surface area (Å²) in [5.74, 6) is 0.717. The van der Waals surface area contributed by atoms with Crippen molar-refractivity contribution in [3.8, 4) is 0 Å². The second-order valence-corrected chi connectivity index (χ2v) is 11.3. The Morgan fingerprint density at radius 3 is 2.23 bits per heavy atom. The zero-order chi connectivity index (χ0) is 21.6. The molecule has 1 fully saturated rings. The second kappa shape index (κ2) is 10.7. The fourth-order valence-corrected chi connectivity index (χ4v) is 6.02. The van der Waals surface area contributed by atoms with E-state index in [2.05, 4.69) is 36.5 Å². The molecule has 0 radical (unpaired) electrons. The lowest BCUT2D eigenvalue weighted by Crippen LogP contribution is -2.43. The van der Waals surface area contributed by atoms with E-state index in [0.717, 1.165) is 10.6 Å². The third-order valence-electron chi connectivity index (χ3n) is 5.21. The van der Waals surface area contributed by atoms with Crippen LogP contribution in [0.2, 0.25) is 0 Å². The Labute approximate surface area is 188 Å². The van der Waals surface area contributed by atoms with E-state index in [1.165, 1.54) is 14.8 Å². The van der Waals surface area contributed by atoms with Gasteiger partial charge in [0.05, 0.1) is 4.90 Å². The number of nitrogens with one attached hydrogen (secondary N) is 1. The molecule has 30 heavy (non-hydrogen) atoms. The number of sulfonamides is 1. The Hall–Kier alpha value is -1.48. The van der Waals surface area contributed by atoms with E-state index >= 15 is 0 Å². The van der Waals surface area contributed by atoms with E-state index < -0.39 is 10.0 Å². The number of benzene rings is 2. The molecule has 162 valence electrons. The van der Waals surface area contributed by atoms with Gasteiger partial charge in [-0.3, -0.25) is 4.79 Å². The predicted octanol–water partition coefficient (Wildman–Crippen LogP) is 4.03. The Balaban J connectivity index is 1.43. The number of amides is 1. The van der Waals surface area contributed by atoms with Crippen molar-refractivity contribution in [2.45, 2.75) is 34.5 Å². The first-order chi connectivity index (χ1) is 14.4. The third kappa shape index (κ3) is 6.03. The predicted molar refractivity (Wildman–Crippen MR) is 125 cm³/mol. The van der Waals surface area contributed by atoms with Crippen LogP contribution in [0.15, 0.2) is 63.2 Å². The van der Waals surface area contributed by atoms with Crippen molar-refractivity contribution in [3.05, 3.63) is 54.1 Å². The molecular formula is C22H28N2O3S3. The molecule has 1 aliphatic heterocycles. The van der Waals surface area contributed by atoms with Crippen LogP contribution in [-0.4, -0.2) is 50.3 Å². The number of thioether (sulfide) groups is 2. The first-order valence-electron chi connectivity index (χ1n) is 10.0. The summed E-state index contributed by atoms with van der Waals surface area (Å²) in [4.78, 5) is 15.0. The molecule has 1 aliphatic rings. The van der Waals surface area contributed by atoms with Gasteiger partial charge in [0.15, 0.2) is 0 Å². The molecule has 1 heterocycles. The van der Waals surface area contributed by atoms with E-state index in [4.69, 9.17) is 0 Å². The summed E-state index contributed by atoms with van der Waals surface area (Å²) in [6.07, 6.45) is 3.07. The van der Waals surface area contributed by atoms with Gasteiger partial charge in [-0.2, -0.15) is 4.31 Å². The lowest BCUT2D eigenvalue weighted by molar-refractivity contribution is -0.125. The standard InChI is InChI=1S/C22H28N2O3S3/c1-17-3-5-20(6-4-17)29-16-13-23-22(25)18-11-14-24(15-12-18)30(26,27)21-9-7-19(28-2)8-10-21/h3-10,18H,11-16H2,1-2H3,(H,23,25). The molecule has 8 heteroatoms. The zero-order valence-electron chi connectivity index (χ0n) is 17.3. The van der Waals surface area contributed by atoms with Gasteiger partial charge in [0, 0.05) is 41.1 Å². The highest BCUT2D eigenvalue weighted by Crippen LogP contribution is 2.25. The lowest BCUT2D eigenvalue weighted by Gasteiger charge is -2.30. The van der Waals surface area contributed by atoms with E-state index in [9.17, 15) is 13.2 Å². The average Bonchev–Trinajstić information content (AvgIpc) is 2.78. The van der Waals surface area contributed by atoms with Gasteiger partial charge in [-0.1, -0.05) is 17.7 Å². The Morgan fingerprint density at radius 1 is 1.03 bits per heavy atom. The maximum atomic E-state index is 12.8. The summed E-state index contributed by atoms with van der Waals surface area (Å²) < 4.78 is 27.2. The molecule has 0 bridgehead atoms. The molecule has 5 nitrogen and oxygen atoms in total. The highest BCUT2D eigenvalue weighted by molar-refractivity contribution is 7.99. The second-order valence-electron chi connectivity index (χ2n) is 7.31. The Bertz CT molecular complexity index is 937. The van der Waals surface area contributed by atoms with E-state index in [-0.39, 0.29) is 11.8 Å². The number of carbonyl (C=O) groups excluding carboxylic acids is 1. The first-order valence-corrected chi connectivity index (χ1v) is 13.7. The van der Waals surface area contributed by atoms with Crippen LogP contribution in [0.1, 0.15) is 18.4 Å². The van der Waals surface area contributed by atoms with Crippen molar-refractivity contribution in [1.82, 2.24) is 9.62 Å². The van der Waals surface area contributed by atoms with Crippen LogP contribution in [0.5, 0.6) is 0 Å². The number of hydrogen-bond acceptors (Lipinski definition) is 5. The van der Waals surface area contributed by atoms with E-state index in [1.807, 2.05) is 18.4 Å². The van der Waals surface area contributed by atoms with Crippen LogP contribution in [0.4, 0.5) is 0 Å². The van der Waals surface area contributed by atoms with Gasteiger partial charge >= 0.3 is 0 Å². The molecular weight excluding hydrogens is 436 g/mol. The van der Waals surface area contributed by atoms with Gasteiger partial charge in [0.2, 0.25) is 15.9 Å². The molecule has 0 aromatic heterocycles. The number of rotatable bonds is 8. The smallest absolute Gasteiger partial charge is 0.243 e. The van der Waals surface area contributed by atoms with Crippen molar-refractivity contribution < 1.29 is 13.2 Å².